The molecule has 1 aromatic heterocycles. The third kappa shape index (κ3) is 4.29. The summed E-state index contributed by atoms with van der Waals surface area (Å²) in [5.41, 5.74) is 0.727. The number of aliphatic hydroxyl groups is 2. The maximum atomic E-state index is 12.2. The van der Waals surface area contributed by atoms with E-state index < -0.39 is 16.6 Å². The van der Waals surface area contributed by atoms with Gasteiger partial charge in [-0.2, -0.15) is 10.2 Å². The van der Waals surface area contributed by atoms with Gasteiger partial charge < -0.3 is 15.5 Å². The summed E-state index contributed by atoms with van der Waals surface area (Å²) < 4.78 is 0. The van der Waals surface area contributed by atoms with Gasteiger partial charge in [0.15, 0.2) is 0 Å². The summed E-state index contributed by atoms with van der Waals surface area (Å²) >= 11 is 6.57. The van der Waals surface area contributed by atoms with E-state index >= 15 is 0 Å². The zero-order chi connectivity index (χ0) is 24.6. The molecule has 34 heavy (non-hydrogen) atoms. The van der Waals surface area contributed by atoms with E-state index in [-0.39, 0.29) is 5.03 Å². The largest absolute Gasteiger partial charge is 0.380 e. The lowest BCUT2D eigenvalue weighted by molar-refractivity contribution is -0.0770. The number of hydrogen-bond donors (Lipinski definition) is 3. The van der Waals surface area contributed by atoms with Crippen LogP contribution in [0.1, 0.15) is 61.6 Å². The predicted octanol–water partition coefficient (Wildman–Crippen LogP) is 4.93. The summed E-state index contributed by atoms with van der Waals surface area (Å²) in [6, 6.07) is 19.2. The van der Waals surface area contributed by atoms with Crippen LogP contribution in [0.2, 0.25) is 0 Å². The van der Waals surface area contributed by atoms with E-state index in [1.165, 1.54) is 5.56 Å². The van der Waals surface area contributed by atoms with Crippen molar-refractivity contribution in [3.63, 3.8) is 0 Å². The van der Waals surface area contributed by atoms with Crippen LogP contribution in [0.5, 0.6) is 0 Å². The Labute approximate surface area is 206 Å². The Morgan fingerprint density at radius 1 is 1.03 bits per heavy atom. The van der Waals surface area contributed by atoms with E-state index in [0.717, 1.165) is 5.56 Å². The van der Waals surface area contributed by atoms with Gasteiger partial charge in [-0.1, -0.05) is 87.0 Å². The maximum Gasteiger partial charge on any atom is 0.124 e. The lowest BCUT2D eigenvalue weighted by atomic mass is 9.63. The zero-order valence-electron chi connectivity index (χ0n) is 20.1. The molecule has 0 amide bonds. The predicted molar refractivity (Wildman–Crippen MR) is 136 cm³/mol. The molecule has 4 rings (SSSR count). The Morgan fingerprint density at radius 3 is 2.24 bits per heavy atom. The van der Waals surface area contributed by atoms with Crippen molar-refractivity contribution in [2.45, 2.75) is 44.8 Å². The minimum absolute atomic E-state index is 0.214. The van der Waals surface area contributed by atoms with Gasteiger partial charge in [0.1, 0.15) is 11.2 Å². The standard InChI is InChI=1S/C28H32ClN3O2/c1-19(2)20-10-12-22(13-11-20)28(34,26(3)17-30-18-26)23-14-24(32-31-16-23)15-25(29)27(4,33)21-8-6-5-7-9-21/h5-16,19,30,33-34H,17-18H2,1-4H3. The average Bonchev–Trinajstić information content (AvgIpc) is 2.82. The Balaban J connectivity index is 1.76. The first-order chi connectivity index (χ1) is 16.1. The third-order valence-electron chi connectivity index (χ3n) is 7.07. The average molecular weight is 478 g/mol. The number of nitrogens with one attached hydrogen (secondary N) is 1. The number of benzene rings is 2. The smallest absolute Gasteiger partial charge is 0.124 e. The second-order valence-electron chi connectivity index (χ2n) is 9.95. The summed E-state index contributed by atoms with van der Waals surface area (Å²) in [5.74, 6) is 0.405. The first kappa shape index (κ1) is 24.6. The molecule has 1 saturated heterocycles. The fourth-order valence-electron chi connectivity index (χ4n) is 4.55. The van der Waals surface area contributed by atoms with Crippen LogP contribution >= 0.6 is 11.6 Å². The minimum atomic E-state index is -1.38. The van der Waals surface area contributed by atoms with Crippen LogP contribution < -0.4 is 5.32 Å². The van der Waals surface area contributed by atoms with Gasteiger partial charge in [0.25, 0.3) is 0 Å². The van der Waals surface area contributed by atoms with E-state index in [1.807, 2.05) is 42.5 Å². The van der Waals surface area contributed by atoms with Crippen molar-refractivity contribution in [1.82, 2.24) is 15.5 Å². The highest BCUT2D eigenvalue weighted by molar-refractivity contribution is 6.32. The van der Waals surface area contributed by atoms with Gasteiger partial charge in [0.05, 0.1) is 16.9 Å². The first-order valence-electron chi connectivity index (χ1n) is 11.6. The van der Waals surface area contributed by atoms with Gasteiger partial charge in [-0.3, -0.25) is 0 Å². The van der Waals surface area contributed by atoms with E-state index in [9.17, 15) is 10.2 Å². The first-order valence-corrected chi connectivity index (χ1v) is 12.0. The van der Waals surface area contributed by atoms with Crippen molar-refractivity contribution >= 4 is 17.7 Å². The van der Waals surface area contributed by atoms with E-state index in [1.54, 1.807) is 25.3 Å². The van der Waals surface area contributed by atoms with Crippen molar-refractivity contribution < 1.29 is 10.2 Å². The Hall–Kier alpha value is -2.57. The van der Waals surface area contributed by atoms with Crippen LogP contribution in [0, 0.1) is 5.41 Å². The lowest BCUT2D eigenvalue weighted by Crippen LogP contribution is -2.63. The Kier molecular flexibility index (Phi) is 6.67. The molecular weight excluding hydrogens is 446 g/mol. The van der Waals surface area contributed by atoms with Gasteiger partial charge >= 0.3 is 0 Å². The number of aromatic nitrogens is 2. The maximum absolute atomic E-state index is 12.2. The van der Waals surface area contributed by atoms with E-state index in [4.69, 9.17) is 11.6 Å². The van der Waals surface area contributed by atoms with Crippen LogP contribution in [0.15, 0.2) is 71.9 Å². The van der Waals surface area contributed by atoms with Crippen LogP contribution in [0.25, 0.3) is 6.08 Å². The van der Waals surface area contributed by atoms with Gasteiger partial charge in [0, 0.05) is 24.1 Å². The molecule has 2 aromatic carbocycles. The highest BCUT2D eigenvalue weighted by Crippen LogP contribution is 2.47. The molecule has 0 aliphatic carbocycles. The molecule has 5 nitrogen and oxygen atoms in total. The molecule has 1 aliphatic rings. The number of rotatable bonds is 7. The molecule has 6 heteroatoms. The van der Waals surface area contributed by atoms with Gasteiger partial charge in [-0.05, 0) is 41.7 Å². The molecule has 2 atom stereocenters. The van der Waals surface area contributed by atoms with Gasteiger partial charge in [0.2, 0.25) is 0 Å². The number of nitrogens with zero attached hydrogens (tertiary/aromatic N) is 2. The molecule has 1 fully saturated rings. The quantitative estimate of drug-likeness (QED) is 0.449. The molecule has 0 saturated carbocycles. The van der Waals surface area contributed by atoms with E-state index in [0.29, 0.717) is 35.8 Å². The monoisotopic (exact) mass is 477 g/mol. The van der Waals surface area contributed by atoms with Crippen LogP contribution in [-0.4, -0.2) is 33.5 Å². The molecule has 2 unspecified atom stereocenters. The van der Waals surface area contributed by atoms with Crippen molar-refractivity contribution in [2.24, 2.45) is 5.41 Å². The van der Waals surface area contributed by atoms with Crippen LogP contribution in [0.4, 0.5) is 0 Å². The van der Waals surface area contributed by atoms with Crippen LogP contribution in [-0.2, 0) is 11.2 Å². The Bertz CT molecular complexity index is 1170. The summed E-state index contributed by atoms with van der Waals surface area (Å²) in [6.45, 7) is 9.36. The molecule has 1 aliphatic heterocycles. The number of halogens is 1. The SMILES string of the molecule is CC(C)c1ccc(C(O)(c2cnnc(C=C(Cl)C(C)(O)c3ccccc3)c2)C2(C)CNC2)cc1. The highest BCUT2D eigenvalue weighted by atomic mass is 35.5. The lowest BCUT2D eigenvalue weighted by Gasteiger charge is -2.52. The molecule has 3 aromatic rings. The van der Waals surface area contributed by atoms with Gasteiger partial charge in [-0.25, -0.2) is 0 Å². The van der Waals surface area contributed by atoms with Crippen molar-refractivity contribution in [2.75, 3.05) is 13.1 Å². The third-order valence-corrected chi connectivity index (χ3v) is 7.54. The second kappa shape index (κ2) is 9.23. The fraction of sp³-hybridized carbons (Fsp3) is 0.357. The van der Waals surface area contributed by atoms with Crippen molar-refractivity contribution in [3.05, 3.63) is 99.8 Å². The highest BCUT2D eigenvalue weighted by Gasteiger charge is 2.53. The summed E-state index contributed by atoms with van der Waals surface area (Å²) in [7, 11) is 0. The molecule has 3 N–H and O–H groups in total. The van der Waals surface area contributed by atoms with Crippen molar-refractivity contribution in [3.8, 4) is 0 Å². The number of hydrogen-bond acceptors (Lipinski definition) is 5. The molecule has 0 bridgehead atoms. The molecule has 178 valence electrons. The molecule has 0 spiro atoms. The fourth-order valence-corrected chi connectivity index (χ4v) is 4.77. The normalized spacial score (nSPS) is 19.2. The van der Waals surface area contributed by atoms with E-state index in [2.05, 4.69) is 48.4 Å². The Morgan fingerprint density at radius 2 is 1.68 bits per heavy atom. The van der Waals surface area contributed by atoms with Gasteiger partial charge in [-0.15, -0.1) is 0 Å². The van der Waals surface area contributed by atoms with Crippen molar-refractivity contribution in [1.29, 1.82) is 0 Å². The summed E-state index contributed by atoms with van der Waals surface area (Å²) in [5, 5.41) is 35.2. The molecule has 2 heterocycles. The zero-order valence-corrected chi connectivity index (χ0v) is 20.8. The molecule has 0 radical (unpaired) electrons. The second-order valence-corrected chi connectivity index (χ2v) is 10.4. The summed E-state index contributed by atoms with van der Waals surface area (Å²) in [4.78, 5) is 0. The molecular formula is C28H32ClN3O2. The summed E-state index contributed by atoms with van der Waals surface area (Å²) in [6.07, 6.45) is 3.22. The van der Waals surface area contributed by atoms with Crippen LogP contribution in [0.3, 0.4) is 0 Å². The minimum Gasteiger partial charge on any atom is -0.380 e. The topological polar surface area (TPSA) is 78.3 Å².